The average molecular weight is 676 g/mol. The van der Waals surface area contributed by atoms with Gasteiger partial charge in [0, 0.05) is 24.1 Å². The van der Waals surface area contributed by atoms with Gasteiger partial charge in [0.15, 0.2) is 0 Å². The highest BCUT2D eigenvalue weighted by Crippen LogP contribution is 2.34. The number of unbranched alkanes of at least 4 members (excludes halogenated alkanes) is 8. The van der Waals surface area contributed by atoms with Gasteiger partial charge in [0.05, 0.1) is 28.6 Å². The third-order valence-electron chi connectivity index (χ3n) is 9.72. The predicted molar refractivity (Wildman–Crippen MR) is 192 cm³/mol. The van der Waals surface area contributed by atoms with Crippen LogP contribution in [0.4, 0.5) is 0 Å². The molecule has 0 aromatic carbocycles. The summed E-state index contributed by atoms with van der Waals surface area (Å²) < 4.78 is 19.9. The van der Waals surface area contributed by atoms with Gasteiger partial charge in [-0.3, -0.25) is 14.4 Å². The number of nitrogens with zero attached hydrogens (tertiary/aromatic N) is 1. The first-order valence-corrected chi connectivity index (χ1v) is 19.0. The molecule has 1 unspecified atom stereocenters. The van der Waals surface area contributed by atoms with Crippen molar-refractivity contribution in [1.29, 1.82) is 1.43 Å². The van der Waals surface area contributed by atoms with Gasteiger partial charge in [-0.05, 0) is 77.9 Å². The summed E-state index contributed by atoms with van der Waals surface area (Å²) in [5.41, 5.74) is 1.66. The first kappa shape index (κ1) is 39.1. The van der Waals surface area contributed by atoms with Crippen molar-refractivity contribution in [2.45, 2.75) is 170 Å². The van der Waals surface area contributed by atoms with Crippen molar-refractivity contribution in [3.05, 3.63) is 33.3 Å². The Kier molecular flexibility index (Phi) is 17.4. The van der Waals surface area contributed by atoms with Crippen molar-refractivity contribution in [1.82, 2.24) is 4.98 Å². The van der Waals surface area contributed by atoms with E-state index in [-0.39, 0.29) is 24.5 Å². The molecule has 1 aromatic rings. The topological polar surface area (TPSA) is 103 Å². The lowest BCUT2D eigenvalue weighted by Gasteiger charge is -2.36. The number of carbonyl (C=O) groups is 3. The van der Waals surface area contributed by atoms with Gasteiger partial charge >= 0.3 is 11.9 Å². The lowest BCUT2D eigenvalue weighted by molar-refractivity contribution is -0.167. The van der Waals surface area contributed by atoms with Gasteiger partial charge in [-0.25, -0.2) is 4.98 Å². The highest BCUT2D eigenvalue weighted by atomic mass is 32.1. The number of hydrogen-bond acceptors (Lipinski definition) is 8. The van der Waals surface area contributed by atoms with Crippen LogP contribution in [-0.2, 0) is 23.9 Å². The van der Waals surface area contributed by atoms with Crippen molar-refractivity contribution in [3.8, 4) is 0 Å². The molecule has 0 radical (unpaired) electrons. The van der Waals surface area contributed by atoms with E-state index in [1.54, 1.807) is 32.1 Å². The smallest absolute Gasteiger partial charge is 0.310 e. The maximum Gasteiger partial charge on any atom is 0.310 e. The van der Waals surface area contributed by atoms with Crippen LogP contribution in [0.2, 0.25) is 0 Å². The number of Topliss-reactive ketones (excluding diaryl/α,β-unsaturated/α-hetero) is 1. The summed E-state index contributed by atoms with van der Waals surface area (Å²) in [5, 5.41) is 8.09. The minimum absolute atomic E-state index is 0.0324. The van der Waals surface area contributed by atoms with E-state index in [1.807, 2.05) is 32.2 Å². The number of ketones is 1. The number of hydrogen-bond donors (Lipinski definition) is 1. The van der Waals surface area contributed by atoms with Gasteiger partial charge in [-0.2, -0.15) is 0 Å². The Morgan fingerprint density at radius 3 is 2.40 bits per heavy atom. The summed E-state index contributed by atoms with van der Waals surface area (Å²) in [5.74, 6) is -1.81. The van der Waals surface area contributed by atoms with Crippen LogP contribution < -0.4 is 0 Å². The first-order valence-electron chi connectivity index (χ1n) is 18.5. The summed E-state index contributed by atoms with van der Waals surface area (Å²) >= 11 is 1.56. The van der Waals surface area contributed by atoms with Crippen molar-refractivity contribution >= 4 is 35.1 Å². The van der Waals surface area contributed by atoms with E-state index in [4.69, 9.17) is 16.0 Å². The summed E-state index contributed by atoms with van der Waals surface area (Å²) in [6.07, 6.45) is 15.1. The molecule has 1 aromatic heterocycles. The second-order valence-corrected chi connectivity index (χ2v) is 15.5. The van der Waals surface area contributed by atoms with Gasteiger partial charge in [0.1, 0.15) is 18.0 Å². The van der Waals surface area contributed by atoms with E-state index < -0.39 is 41.6 Å². The molecule has 7 nitrogen and oxygen atoms in total. The number of cyclic esters (lactones) is 1. The highest BCUT2D eigenvalue weighted by Gasteiger charge is 2.45. The Balaban J connectivity index is 2.29. The third-order valence-corrected chi connectivity index (χ3v) is 10.5. The zero-order valence-corrected chi connectivity index (χ0v) is 31.3. The van der Waals surface area contributed by atoms with Crippen LogP contribution in [-0.4, -0.2) is 47.6 Å². The lowest BCUT2D eigenvalue weighted by atomic mass is 9.72. The molecule has 1 N–H and O–H groups in total. The Labute approximate surface area is 290 Å². The van der Waals surface area contributed by atoms with E-state index in [2.05, 4.69) is 24.9 Å². The Morgan fingerprint density at radius 2 is 1.79 bits per heavy atom. The molecule has 2 heterocycles. The summed E-state index contributed by atoms with van der Waals surface area (Å²) in [7, 11) is 0. The van der Waals surface area contributed by atoms with E-state index in [0.29, 0.717) is 12.8 Å². The first-order chi connectivity index (χ1) is 22.8. The Hall–Kier alpha value is -2.32. The quantitative estimate of drug-likeness (QED) is 0.119. The van der Waals surface area contributed by atoms with E-state index >= 15 is 0 Å². The van der Waals surface area contributed by atoms with Gasteiger partial charge in [-0.1, -0.05) is 83.8 Å². The number of rotatable bonds is 14. The monoisotopic (exact) mass is 675 g/mol. The minimum Gasteiger partial charge on any atom is -0.461 e. The molecule has 47 heavy (non-hydrogen) atoms. The normalized spacial score (nSPS) is 26.6. The molecule has 8 heteroatoms. The fourth-order valence-corrected chi connectivity index (χ4v) is 6.93. The van der Waals surface area contributed by atoms with Gasteiger partial charge in [0.2, 0.25) is 1.43 Å². The number of aliphatic hydroxyl groups is 1. The highest BCUT2D eigenvalue weighted by molar-refractivity contribution is 7.09. The van der Waals surface area contributed by atoms with Crippen LogP contribution in [0.1, 0.15) is 155 Å². The number of ether oxygens (including phenoxy) is 2. The molecular weight excluding hydrogens is 610 g/mol. The van der Waals surface area contributed by atoms with Crippen molar-refractivity contribution in [2.75, 3.05) is 0 Å². The summed E-state index contributed by atoms with van der Waals surface area (Å²) in [6.45, 7) is 15.4. The van der Waals surface area contributed by atoms with E-state index in [1.165, 1.54) is 37.7 Å². The molecule has 5 atom stereocenters. The Morgan fingerprint density at radius 1 is 1.13 bits per heavy atom. The van der Waals surface area contributed by atoms with Crippen molar-refractivity contribution in [3.63, 3.8) is 0 Å². The molecular formula is C39H63NO6S. The number of allylic oxidation sites excluding steroid dienone is 1. The van der Waals surface area contributed by atoms with Gasteiger partial charge < -0.3 is 14.6 Å². The maximum absolute atomic E-state index is 14.1. The number of carbonyl (C=O) groups excluding carboxylic acids is 3. The second kappa shape index (κ2) is 20.9. The number of aryl methyl sites for hydroxylation is 1. The van der Waals surface area contributed by atoms with Crippen LogP contribution in [0, 0.1) is 24.2 Å². The molecule has 2 rings (SSSR count). The van der Waals surface area contributed by atoms with Crippen molar-refractivity contribution < 1.29 is 29.0 Å². The van der Waals surface area contributed by atoms with Crippen LogP contribution in [0.3, 0.4) is 0 Å². The minimum atomic E-state index is -1.21. The van der Waals surface area contributed by atoms with E-state index in [0.717, 1.165) is 54.8 Å². The van der Waals surface area contributed by atoms with Gasteiger partial charge in [0.25, 0.3) is 0 Å². The molecule has 0 saturated carbocycles. The fraction of sp³-hybridized carbons (Fsp3) is 0.744. The number of esters is 2. The molecule has 0 saturated heterocycles. The molecule has 1 aliphatic rings. The maximum atomic E-state index is 14.1. The van der Waals surface area contributed by atoms with E-state index in [9.17, 15) is 14.4 Å². The van der Waals surface area contributed by atoms with Crippen LogP contribution in [0.25, 0.3) is 6.08 Å². The molecule has 0 bridgehead atoms. The average Bonchev–Trinajstić information content (AvgIpc) is 3.45. The third kappa shape index (κ3) is 14.4. The lowest BCUT2D eigenvalue weighted by Crippen LogP contribution is -2.47. The van der Waals surface area contributed by atoms with Crippen LogP contribution in [0.5, 0.6) is 0 Å². The standard InChI is InChI=1S/C39H63NO6S/c1-9-10-11-12-13-14-15-16-17-21-35(41)46-34-25-36(42)45-33(29(4)24-32-26-47-31(6)40-32)23-22-27(2)19-18-20-28(3)37(43)30(5)38(44)39(34,7)8/h22,24,26,28,30,33-34,37,43H,9-21,23,25H2,1-8H3/b27-22-,29-24+/t28-,30-,33?,34+,37+/m1/s1/i43T. The Bertz CT molecular complexity index is 1210. The van der Waals surface area contributed by atoms with Crippen LogP contribution >= 0.6 is 11.3 Å². The second-order valence-electron chi connectivity index (χ2n) is 14.4. The van der Waals surface area contributed by atoms with Crippen LogP contribution in [0.15, 0.2) is 22.6 Å². The zero-order chi connectivity index (χ0) is 35.7. The molecule has 1 aliphatic heterocycles. The number of thiazole rings is 1. The van der Waals surface area contributed by atoms with Gasteiger partial charge in [-0.15, -0.1) is 11.3 Å². The number of aromatic nitrogens is 1. The molecule has 0 amide bonds. The molecule has 0 spiro atoms. The van der Waals surface area contributed by atoms with Crippen molar-refractivity contribution in [2.24, 2.45) is 17.3 Å². The number of aliphatic hydroxyl groups excluding tert-OH is 1. The molecule has 266 valence electrons. The summed E-state index contributed by atoms with van der Waals surface area (Å²) in [4.78, 5) is 45.5. The molecule has 0 aliphatic carbocycles. The predicted octanol–water partition coefficient (Wildman–Crippen LogP) is 9.74. The largest absolute Gasteiger partial charge is 0.461 e. The SMILES string of the molecule is [3H]O[C@H]1[C@H](C)CCC/C(C)=C\CC(/C(C)=C/c2csc(C)n2)OC(=O)C[C@H](OC(=O)CCCCCCCCCCC)C(C)(C)C(=O)[C@@H]1C. The summed E-state index contributed by atoms with van der Waals surface area (Å²) in [6, 6.07) is 0. The fourth-order valence-electron chi connectivity index (χ4n) is 6.36. The molecule has 0 fully saturated rings. The zero-order valence-electron chi connectivity index (χ0n) is 31.5.